The van der Waals surface area contributed by atoms with Crippen LogP contribution >= 0.6 is 0 Å². The Morgan fingerprint density at radius 2 is 1.74 bits per heavy atom. The second-order valence-corrected chi connectivity index (χ2v) is 6.83. The molecule has 3 rings (SSSR count). The Balaban J connectivity index is 1.93. The molecule has 120 valence electrons. The topological polar surface area (TPSA) is 20.3 Å². The summed E-state index contributed by atoms with van der Waals surface area (Å²) >= 11 is 0. The fourth-order valence-corrected chi connectivity index (χ4v) is 3.56. The third kappa shape index (κ3) is 3.37. The molecule has 0 spiro atoms. The fraction of sp³-hybridized carbons (Fsp3) is 0.381. The van der Waals surface area contributed by atoms with Gasteiger partial charge in [0.05, 0.1) is 0 Å². The predicted octanol–water partition coefficient (Wildman–Crippen LogP) is 4.08. The van der Waals surface area contributed by atoms with Gasteiger partial charge in [0, 0.05) is 5.92 Å². The highest BCUT2D eigenvalue weighted by atomic mass is 16.1. The lowest BCUT2D eigenvalue weighted by molar-refractivity contribution is -0.118. The van der Waals surface area contributed by atoms with Gasteiger partial charge in [-0.05, 0) is 74.6 Å². The first-order valence-corrected chi connectivity index (χ1v) is 8.42. The van der Waals surface area contributed by atoms with Crippen molar-refractivity contribution in [2.24, 2.45) is 0 Å². The molecule has 2 aromatic rings. The van der Waals surface area contributed by atoms with Crippen molar-refractivity contribution in [3.8, 4) is 11.1 Å². The lowest BCUT2D eigenvalue weighted by Crippen LogP contribution is -2.19. The smallest absolute Gasteiger partial charge is 0.137 e. The highest BCUT2D eigenvalue weighted by molar-refractivity contribution is 5.84. The number of carbonyl (C=O) groups is 1. The van der Waals surface area contributed by atoms with Crippen molar-refractivity contribution in [3.05, 3.63) is 59.2 Å². The molecule has 0 saturated carbocycles. The number of nitrogens with zero attached hydrogens (tertiary/aromatic N) is 1. The largest absolute Gasteiger partial charge is 0.309 e. The molecule has 23 heavy (non-hydrogen) atoms. The van der Waals surface area contributed by atoms with Crippen LogP contribution in [0.15, 0.2) is 42.5 Å². The normalized spacial score (nSPS) is 14.3. The van der Waals surface area contributed by atoms with Crippen molar-refractivity contribution in [3.63, 3.8) is 0 Å². The van der Waals surface area contributed by atoms with Crippen molar-refractivity contribution in [2.75, 3.05) is 20.6 Å². The predicted molar refractivity (Wildman–Crippen MR) is 95.9 cm³/mol. The number of fused-ring (bicyclic) bond motifs is 3. The van der Waals surface area contributed by atoms with Crippen LogP contribution in [0.4, 0.5) is 0 Å². The molecule has 1 unspecified atom stereocenters. The number of aryl methyl sites for hydroxylation is 2. The Hall–Kier alpha value is -1.93. The van der Waals surface area contributed by atoms with E-state index in [0.29, 0.717) is 0 Å². The molecule has 0 bridgehead atoms. The number of Topliss-reactive ketones (excluding diaryl/α,β-unsaturated/α-hetero) is 1. The maximum atomic E-state index is 12.1. The molecule has 0 heterocycles. The van der Waals surface area contributed by atoms with Crippen LogP contribution in [0.2, 0.25) is 0 Å². The molecule has 0 aromatic heterocycles. The van der Waals surface area contributed by atoms with Gasteiger partial charge in [0.25, 0.3) is 0 Å². The van der Waals surface area contributed by atoms with E-state index in [0.717, 1.165) is 25.8 Å². The Morgan fingerprint density at radius 1 is 1.04 bits per heavy atom. The van der Waals surface area contributed by atoms with Crippen molar-refractivity contribution in [1.82, 2.24) is 4.90 Å². The monoisotopic (exact) mass is 307 g/mol. The van der Waals surface area contributed by atoms with Gasteiger partial charge in [0.2, 0.25) is 0 Å². The van der Waals surface area contributed by atoms with Crippen LogP contribution in [0.3, 0.4) is 0 Å². The number of ketones is 1. The molecule has 0 radical (unpaired) electrons. The highest BCUT2D eigenvalue weighted by Gasteiger charge is 2.21. The maximum absolute atomic E-state index is 12.1. The second kappa shape index (κ2) is 6.67. The molecular formula is C21H25NO. The molecule has 0 aliphatic heterocycles. The van der Waals surface area contributed by atoms with Gasteiger partial charge in [-0.15, -0.1) is 0 Å². The average Bonchev–Trinajstić information content (AvgIpc) is 2.54. The lowest BCUT2D eigenvalue weighted by Gasteiger charge is -2.23. The SMILES string of the molecule is CC(=O)C(CCN(C)C)c1ccc2c(c1)CCc1ccccc1-2. The fourth-order valence-electron chi connectivity index (χ4n) is 3.56. The van der Waals surface area contributed by atoms with Crippen molar-refractivity contribution >= 4 is 5.78 Å². The van der Waals surface area contributed by atoms with E-state index in [-0.39, 0.29) is 11.7 Å². The van der Waals surface area contributed by atoms with Crippen LogP contribution in [0.25, 0.3) is 11.1 Å². The van der Waals surface area contributed by atoms with Crippen molar-refractivity contribution in [1.29, 1.82) is 0 Å². The molecule has 2 nitrogen and oxygen atoms in total. The van der Waals surface area contributed by atoms with Crippen LogP contribution < -0.4 is 0 Å². The maximum Gasteiger partial charge on any atom is 0.137 e. The minimum absolute atomic E-state index is 0.0138. The zero-order valence-electron chi connectivity index (χ0n) is 14.3. The summed E-state index contributed by atoms with van der Waals surface area (Å²) in [5.74, 6) is 0.280. The summed E-state index contributed by atoms with van der Waals surface area (Å²) in [5.41, 5.74) is 6.69. The number of hydrogen-bond acceptors (Lipinski definition) is 2. The van der Waals surface area contributed by atoms with Gasteiger partial charge >= 0.3 is 0 Å². The summed E-state index contributed by atoms with van der Waals surface area (Å²) in [7, 11) is 4.11. The van der Waals surface area contributed by atoms with Gasteiger partial charge in [0.1, 0.15) is 5.78 Å². The van der Waals surface area contributed by atoms with Gasteiger partial charge in [0.15, 0.2) is 0 Å². The number of carbonyl (C=O) groups excluding carboxylic acids is 1. The van der Waals surface area contributed by atoms with E-state index >= 15 is 0 Å². The standard InChI is InChI=1S/C21H25NO/c1-15(23)19(12-13-22(2)3)17-10-11-21-18(14-17)9-8-16-6-4-5-7-20(16)21/h4-7,10-11,14,19H,8-9,12-13H2,1-3H3. The summed E-state index contributed by atoms with van der Waals surface area (Å²) < 4.78 is 0. The van der Waals surface area contributed by atoms with Crippen molar-refractivity contribution in [2.45, 2.75) is 32.1 Å². The summed E-state index contributed by atoms with van der Waals surface area (Å²) in [6.45, 7) is 2.65. The number of rotatable bonds is 5. The molecular weight excluding hydrogens is 282 g/mol. The van der Waals surface area contributed by atoms with Crippen LogP contribution in [-0.2, 0) is 17.6 Å². The van der Waals surface area contributed by atoms with Gasteiger partial charge < -0.3 is 4.90 Å². The minimum atomic E-state index is 0.0138. The molecule has 0 N–H and O–H groups in total. The van der Waals surface area contributed by atoms with E-state index in [9.17, 15) is 4.79 Å². The van der Waals surface area contributed by atoms with E-state index in [2.05, 4.69) is 61.5 Å². The van der Waals surface area contributed by atoms with Gasteiger partial charge in [-0.25, -0.2) is 0 Å². The first kappa shape index (κ1) is 15.9. The Bertz CT molecular complexity index is 718. The number of hydrogen-bond donors (Lipinski definition) is 0. The number of benzene rings is 2. The van der Waals surface area contributed by atoms with Gasteiger partial charge in [-0.2, -0.15) is 0 Å². The van der Waals surface area contributed by atoms with E-state index in [1.165, 1.54) is 27.8 Å². The van der Waals surface area contributed by atoms with Crippen molar-refractivity contribution < 1.29 is 4.79 Å². The molecule has 1 aliphatic carbocycles. The quantitative estimate of drug-likeness (QED) is 0.829. The minimum Gasteiger partial charge on any atom is -0.309 e. The first-order valence-electron chi connectivity index (χ1n) is 8.42. The average molecular weight is 307 g/mol. The molecule has 2 aromatic carbocycles. The zero-order chi connectivity index (χ0) is 16.4. The van der Waals surface area contributed by atoms with E-state index in [4.69, 9.17) is 0 Å². The Labute approximate surface area is 139 Å². The van der Waals surface area contributed by atoms with E-state index in [1.807, 2.05) is 0 Å². The van der Waals surface area contributed by atoms with Gasteiger partial charge in [-0.1, -0.05) is 42.5 Å². The molecule has 2 heteroatoms. The van der Waals surface area contributed by atoms with E-state index in [1.54, 1.807) is 6.92 Å². The zero-order valence-corrected chi connectivity index (χ0v) is 14.3. The second-order valence-electron chi connectivity index (χ2n) is 6.83. The summed E-state index contributed by atoms with van der Waals surface area (Å²) in [6.07, 6.45) is 3.05. The van der Waals surface area contributed by atoms with Gasteiger partial charge in [-0.3, -0.25) is 4.79 Å². The van der Waals surface area contributed by atoms with Crippen LogP contribution in [0, 0.1) is 0 Å². The highest BCUT2D eigenvalue weighted by Crippen LogP contribution is 2.35. The third-order valence-corrected chi connectivity index (χ3v) is 4.86. The third-order valence-electron chi connectivity index (χ3n) is 4.86. The first-order chi connectivity index (χ1) is 11.1. The van der Waals surface area contributed by atoms with Crippen LogP contribution in [-0.4, -0.2) is 31.3 Å². The Morgan fingerprint density at radius 3 is 2.48 bits per heavy atom. The summed E-state index contributed by atoms with van der Waals surface area (Å²) in [6, 6.07) is 15.3. The molecule has 0 fully saturated rings. The van der Waals surface area contributed by atoms with Crippen LogP contribution in [0.1, 0.15) is 36.0 Å². The van der Waals surface area contributed by atoms with E-state index < -0.39 is 0 Å². The van der Waals surface area contributed by atoms with Crippen LogP contribution in [0.5, 0.6) is 0 Å². The molecule has 1 atom stereocenters. The summed E-state index contributed by atoms with van der Waals surface area (Å²) in [5, 5.41) is 0. The molecule has 0 amide bonds. The molecule has 1 aliphatic rings. The Kier molecular flexibility index (Phi) is 4.63. The summed E-state index contributed by atoms with van der Waals surface area (Å²) in [4.78, 5) is 14.2. The lowest BCUT2D eigenvalue weighted by atomic mass is 9.82. The molecule has 0 saturated heterocycles.